The van der Waals surface area contributed by atoms with Crippen molar-refractivity contribution in [3.8, 4) is 0 Å². The number of aromatic nitrogens is 4. The van der Waals surface area contributed by atoms with Gasteiger partial charge in [0.05, 0.1) is 17.4 Å². The molecule has 0 saturated heterocycles. The van der Waals surface area contributed by atoms with Gasteiger partial charge in [-0.15, -0.1) is 5.10 Å². The Labute approximate surface area is 189 Å². The number of aryl methyl sites for hydroxylation is 1. The molecule has 0 aliphatic carbocycles. The molecule has 0 unspecified atom stereocenters. The molecule has 0 bridgehead atoms. The van der Waals surface area contributed by atoms with E-state index < -0.39 is 5.69 Å². The maximum atomic E-state index is 13.4. The number of amides is 1. The van der Waals surface area contributed by atoms with Gasteiger partial charge in [-0.1, -0.05) is 36.7 Å². The van der Waals surface area contributed by atoms with Crippen LogP contribution in [-0.4, -0.2) is 30.7 Å². The maximum Gasteiger partial charge on any atom is 0.352 e. The molecule has 0 fully saturated rings. The Hall–Kier alpha value is -3.39. The van der Waals surface area contributed by atoms with Crippen molar-refractivity contribution in [1.82, 2.24) is 24.1 Å². The highest BCUT2D eigenvalue weighted by Gasteiger charge is 2.19. The molecular weight excluding hydrogens is 430 g/mol. The standard InChI is InChI=1S/C23H24ClN5O3/c1-4-11-27-21(31)17-10-9-15(20(30)25-14(2)3)12-19(17)29-22(27)26-28(23(29)32)13-16-7-5-6-8-18(16)24/h5-10,12,14H,4,11,13H2,1-3H3,(H,25,30). The molecule has 4 aromatic rings. The smallest absolute Gasteiger partial charge is 0.350 e. The lowest BCUT2D eigenvalue weighted by Gasteiger charge is -2.11. The minimum Gasteiger partial charge on any atom is -0.350 e. The monoisotopic (exact) mass is 453 g/mol. The maximum absolute atomic E-state index is 13.4. The van der Waals surface area contributed by atoms with E-state index in [0.29, 0.717) is 34.5 Å². The zero-order valence-electron chi connectivity index (χ0n) is 18.1. The lowest BCUT2D eigenvalue weighted by Crippen LogP contribution is -2.30. The molecule has 2 aromatic heterocycles. The molecule has 1 N–H and O–H groups in total. The van der Waals surface area contributed by atoms with E-state index in [1.807, 2.05) is 39.0 Å². The molecule has 2 heterocycles. The molecule has 0 aliphatic heterocycles. The van der Waals surface area contributed by atoms with E-state index in [-0.39, 0.29) is 29.8 Å². The molecule has 8 nitrogen and oxygen atoms in total. The Morgan fingerprint density at radius 1 is 1.16 bits per heavy atom. The summed E-state index contributed by atoms with van der Waals surface area (Å²) in [6, 6.07) is 11.9. The first kappa shape index (κ1) is 21.8. The zero-order valence-corrected chi connectivity index (χ0v) is 18.9. The lowest BCUT2D eigenvalue weighted by molar-refractivity contribution is 0.0943. The fraction of sp³-hybridized carbons (Fsp3) is 0.304. The highest BCUT2D eigenvalue weighted by Crippen LogP contribution is 2.17. The summed E-state index contributed by atoms with van der Waals surface area (Å²) >= 11 is 6.27. The van der Waals surface area contributed by atoms with Gasteiger partial charge in [0.25, 0.3) is 11.5 Å². The quantitative estimate of drug-likeness (QED) is 0.485. The van der Waals surface area contributed by atoms with Gasteiger partial charge >= 0.3 is 5.69 Å². The molecule has 0 spiro atoms. The van der Waals surface area contributed by atoms with E-state index in [2.05, 4.69) is 10.4 Å². The Morgan fingerprint density at radius 3 is 2.59 bits per heavy atom. The average molecular weight is 454 g/mol. The molecule has 166 valence electrons. The number of nitrogens with one attached hydrogen (secondary N) is 1. The number of hydrogen-bond donors (Lipinski definition) is 1. The van der Waals surface area contributed by atoms with Gasteiger partial charge in [0.1, 0.15) is 0 Å². The lowest BCUT2D eigenvalue weighted by atomic mass is 10.1. The SMILES string of the molecule is CCCn1c(=O)c2ccc(C(=O)NC(C)C)cc2n2c(=O)n(Cc3ccccc3Cl)nc12. The van der Waals surface area contributed by atoms with E-state index in [9.17, 15) is 14.4 Å². The fourth-order valence-corrected chi connectivity index (χ4v) is 3.91. The van der Waals surface area contributed by atoms with Gasteiger partial charge in [0.15, 0.2) is 0 Å². The van der Waals surface area contributed by atoms with Gasteiger partial charge in [0.2, 0.25) is 5.78 Å². The zero-order chi connectivity index (χ0) is 23.0. The molecule has 1 amide bonds. The third-order valence-electron chi connectivity index (χ3n) is 5.18. The normalized spacial score (nSPS) is 11.5. The van der Waals surface area contributed by atoms with Gasteiger partial charge in [-0.2, -0.15) is 0 Å². The topological polar surface area (TPSA) is 90.4 Å². The second-order valence-corrected chi connectivity index (χ2v) is 8.39. The van der Waals surface area contributed by atoms with Crippen LogP contribution in [0.2, 0.25) is 5.02 Å². The van der Waals surface area contributed by atoms with Crippen LogP contribution in [0.1, 0.15) is 43.1 Å². The summed E-state index contributed by atoms with van der Waals surface area (Å²) in [5.41, 5.74) is 0.802. The Balaban J connectivity index is 1.99. The van der Waals surface area contributed by atoms with E-state index in [4.69, 9.17) is 11.6 Å². The first-order chi connectivity index (χ1) is 15.3. The van der Waals surface area contributed by atoms with Crippen LogP contribution in [0.4, 0.5) is 0 Å². The molecule has 32 heavy (non-hydrogen) atoms. The summed E-state index contributed by atoms with van der Waals surface area (Å²) < 4.78 is 4.19. The van der Waals surface area contributed by atoms with Crippen LogP contribution in [-0.2, 0) is 13.1 Å². The Kier molecular flexibility index (Phi) is 5.88. The van der Waals surface area contributed by atoms with Crippen LogP contribution >= 0.6 is 11.6 Å². The second kappa shape index (κ2) is 8.63. The fourth-order valence-electron chi connectivity index (χ4n) is 3.72. The number of halogens is 1. The molecular formula is C23H24ClN5O3. The minimum absolute atomic E-state index is 0.0446. The molecule has 0 saturated carbocycles. The largest absolute Gasteiger partial charge is 0.352 e. The van der Waals surface area contributed by atoms with Gasteiger partial charge in [-0.05, 0) is 50.1 Å². The summed E-state index contributed by atoms with van der Waals surface area (Å²) in [7, 11) is 0. The van der Waals surface area contributed by atoms with Crippen LogP contribution in [0.5, 0.6) is 0 Å². The Morgan fingerprint density at radius 2 is 1.91 bits per heavy atom. The summed E-state index contributed by atoms with van der Waals surface area (Å²) in [4.78, 5) is 39.1. The highest BCUT2D eigenvalue weighted by atomic mass is 35.5. The summed E-state index contributed by atoms with van der Waals surface area (Å²) in [6.07, 6.45) is 0.696. The third-order valence-corrected chi connectivity index (χ3v) is 5.55. The van der Waals surface area contributed by atoms with Crippen molar-refractivity contribution in [2.45, 2.75) is 46.3 Å². The first-order valence-electron chi connectivity index (χ1n) is 10.5. The number of benzene rings is 2. The predicted octanol–water partition coefficient (Wildman–Crippen LogP) is 3.06. The van der Waals surface area contributed by atoms with Crippen molar-refractivity contribution in [1.29, 1.82) is 0 Å². The summed E-state index contributed by atoms with van der Waals surface area (Å²) in [6.45, 7) is 6.25. The van der Waals surface area contributed by atoms with Crippen LogP contribution in [0.15, 0.2) is 52.1 Å². The Bertz CT molecular complexity index is 1450. The number of carbonyl (C=O) groups excluding carboxylic acids is 1. The van der Waals surface area contributed by atoms with Gasteiger partial charge in [-0.3, -0.25) is 14.2 Å². The van der Waals surface area contributed by atoms with E-state index in [0.717, 1.165) is 5.56 Å². The molecule has 0 aliphatic rings. The predicted molar refractivity (Wildman–Crippen MR) is 125 cm³/mol. The van der Waals surface area contributed by atoms with Crippen molar-refractivity contribution in [3.63, 3.8) is 0 Å². The number of fused-ring (bicyclic) bond motifs is 3. The van der Waals surface area contributed by atoms with E-state index in [1.54, 1.807) is 24.3 Å². The molecule has 4 rings (SSSR count). The minimum atomic E-state index is -0.406. The first-order valence-corrected chi connectivity index (χ1v) is 10.9. The summed E-state index contributed by atoms with van der Waals surface area (Å²) in [5, 5.41) is 8.18. The van der Waals surface area contributed by atoms with Crippen LogP contribution in [0.25, 0.3) is 16.7 Å². The number of carbonyl (C=O) groups is 1. The number of hydrogen-bond acceptors (Lipinski definition) is 4. The van der Waals surface area contributed by atoms with Crippen molar-refractivity contribution in [2.75, 3.05) is 0 Å². The second-order valence-electron chi connectivity index (χ2n) is 7.98. The van der Waals surface area contributed by atoms with Crippen molar-refractivity contribution < 1.29 is 4.79 Å². The summed E-state index contributed by atoms with van der Waals surface area (Å²) in [5.74, 6) is -0.0351. The van der Waals surface area contributed by atoms with Crippen molar-refractivity contribution in [3.05, 3.63) is 79.5 Å². The van der Waals surface area contributed by atoms with Gasteiger partial charge in [-0.25, -0.2) is 13.9 Å². The van der Waals surface area contributed by atoms with E-state index in [1.165, 1.54) is 13.6 Å². The van der Waals surface area contributed by atoms with Crippen LogP contribution in [0, 0.1) is 0 Å². The van der Waals surface area contributed by atoms with Crippen LogP contribution in [0.3, 0.4) is 0 Å². The third kappa shape index (κ3) is 3.82. The van der Waals surface area contributed by atoms with Gasteiger partial charge < -0.3 is 5.32 Å². The molecule has 0 atom stereocenters. The van der Waals surface area contributed by atoms with Gasteiger partial charge in [0, 0.05) is 23.2 Å². The van der Waals surface area contributed by atoms with Crippen LogP contribution < -0.4 is 16.6 Å². The van der Waals surface area contributed by atoms with E-state index >= 15 is 0 Å². The number of nitrogens with zero attached hydrogens (tertiary/aromatic N) is 4. The van der Waals surface area contributed by atoms with Crippen molar-refractivity contribution >= 4 is 34.2 Å². The number of rotatable bonds is 6. The highest BCUT2D eigenvalue weighted by molar-refractivity contribution is 6.31. The average Bonchev–Trinajstić information content (AvgIpc) is 3.08. The molecule has 9 heteroatoms. The molecule has 2 aromatic carbocycles. The van der Waals surface area contributed by atoms with Crippen molar-refractivity contribution in [2.24, 2.45) is 0 Å². The molecule has 0 radical (unpaired) electrons.